The van der Waals surface area contributed by atoms with Crippen molar-refractivity contribution in [3.8, 4) is 11.5 Å². The Labute approximate surface area is 178 Å². The summed E-state index contributed by atoms with van der Waals surface area (Å²) in [6.45, 7) is 7.08. The van der Waals surface area contributed by atoms with Gasteiger partial charge in [-0.15, -0.1) is 0 Å². The zero-order valence-electron chi connectivity index (χ0n) is 18.0. The average molecular weight is 414 g/mol. The van der Waals surface area contributed by atoms with Gasteiger partial charge in [-0.25, -0.2) is 0 Å². The number of ether oxygens (including phenoxy) is 3. The highest BCUT2D eigenvalue weighted by atomic mass is 16.5. The van der Waals surface area contributed by atoms with Gasteiger partial charge in [0.05, 0.1) is 34.0 Å². The third kappa shape index (κ3) is 5.87. The SMILES string of the molecule is CCN(CC(=O)Nc1ccc(N2CCOCC2)cc1)Cc1ccc(OC)c(OC)c1. The van der Waals surface area contributed by atoms with Crippen molar-refractivity contribution in [2.75, 3.05) is 63.8 Å². The van der Waals surface area contributed by atoms with E-state index in [9.17, 15) is 4.79 Å². The molecule has 0 bridgehead atoms. The maximum atomic E-state index is 12.6. The van der Waals surface area contributed by atoms with E-state index in [1.54, 1.807) is 14.2 Å². The van der Waals surface area contributed by atoms with Gasteiger partial charge in [0, 0.05) is 31.0 Å². The molecule has 0 aromatic heterocycles. The standard InChI is InChI=1S/C23H31N3O4/c1-4-25(16-18-5-10-21(28-2)22(15-18)29-3)17-23(27)24-19-6-8-20(9-7-19)26-11-13-30-14-12-26/h5-10,15H,4,11-14,16-17H2,1-3H3,(H,24,27). The lowest BCUT2D eigenvalue weighted by atomic mass is 10.2. The number of rotatable bonds is 9. The first kappa shape index (κ1) is 21.9. The molecule has 30 heavy (non-hydrogen) atoms. The third-order valence-electron chi connectivity index (χ3n) is 5.20. The number of hydrogen-bond acceptors (Lipinski definition) is 6. The molecule has 0 spiro atoms. The molecule has 2 aromatic rings. The lowest BCUT2D eigenvalue weighted by Gasteiger charge is -2.29. The molecule has 7 nitrogen and oxygen atoms in total. The molecule has 1 amide bonds. The quantitative estimate of drug-likeness (QED) is 0.682. The summed E-state index contributed by atoms with van der Waals surface area (Å²) in [6.07, 6.45) is 0. The van der Waals surface area contributed by atoms with Crippen LogP contribution in [0.15, 0.2) is 42.5 Å². The largest absolute Gasteiger partial charge is 0.493 e. The van der Waals surface area contributed by atoms with Gasteiger partial charge < -0.3 is 24.4 Å². The van der Waals surface area contributed by atoms with Crippen LogP contribution in [0.25, 0.3) is 0 Å². The minimum Gasteiger partial charge on any atom is -0.493 e. The predicted molar refractivity (Wildman–Crippen MR) is 119 cm³/mol. The minimum absolute atomic E-state index is 0.0311. The number of methoxy groups -OCH3 is 2. The van der Waals surface area contributed by atoms with Gasteiger partial charge in [0.25, 0.3) is 0 Å². The van der Waals surface area contributed by atoms with Crippen LogP contribution in [0.1, 0.15) is 12.5 Å². The Bertz CT molecular complexity index is 820. The lowest BCUT2D eigenvalue weighted by molar-refractivity contribution is -0.117. The van der Waals surface area contributed by atoms with Crippen LogP contribution >= 0.6 is 0 Å². The summed E-state index contributed by atoms with van der Waals surface area (Å²) in [5, 5.41) is 2.99. The van der Waals surface area contributed by atoms with Gasteiger partial charge in [-0.05, 0) is 48.5 Å². The highest BCUT2D eigenvalue weighted by molar-refractivity contribution is 5.92. The Hall–Kier alpha value is -2.77. The maximum absolute atomic E-state index is 12.6. The molecule has 1 fully saturated rings. The van der Waals surface area contributed by atoms with E-state index < -0.39 is 0 Å². The van der Waals surface area contributed by atoms with E-state index in [1.807, 2.05) is 49.4 Å². The molecule has 7 heteroatoms. The van der Waals surface area contributed by atoms with E-state index in [0.717, 1.165) is 49.8 Å². The molecule has 0 aliphatic carbocycles. The summed E-state index contributed by atoms with van der Waals surface area (Å²) in [4.78, 5) is 16.9. The summed E-state index contributed by atoms with van der Waals surface area (Å²) < 4.78 is 16.1. The molecule has 0 atom stereocenters. The summed E-state index contributed by atoms with van der Waals surface area (Å²) in [6, 6.07) is 13.8. The van der Waals surface area contributed by atoms with Crippen LogP contribution < -0.4 is 19.7 Å². The molecule has 1 aliphatic heterocycles. The minimum atomic E-state index is -0.0311. The molecule has 1 saturated heterocycles. The number of benzene rings is 2. The van der Waals surface area contributed by atoms with Crippen LogP contribution in [0, 0.1) is 0 Å². The number of morpholine rings is 1. The summed E-state index contributed by atoms with van der Waals surface area (Å²) >= 11 is 0. The Morgan fingerprint density at radius 1 is 1.07 bits per heavy atom. The van der Waals surface area contributed by atoms with Gasteiger partial charge in [-0.1, -0.05) is 13.0 Å². The zero-order chi connectivity index (χ0) is 21.3. The molecule has 2 aromatic carbocycles. The predicted octanol–water partition coefficient (Wildman–Crippen LogP) is 3.00. The van der Waals surface area contributed by atoms with Crippen molar-refractivity contribution >= 4 is 17.3 Å². The van der Waals surface area contributed by atoms with Crippen molar-refractivity contribution in [1.82, 2.24) is 4.90 Å². The number of carbonyl (C=O) groups is 1. The Morgan fingerprint density at radius 3 is 2.40 bits per heavy atom. The van der Waals surface area contributed by atoms with Crippen LogP contribution in [-0.4, -0.2) is 64.4 Å². The van der Waals surface area contributed by atoms with Crippen LogP contribution in [0.5, 0.6) is 11.5 Å². The van der Waals surface area contributed by atoms with E-state index in [-0.39, 0.29) is 5.91 Å². The van der Waals surface area contributed by atoms with Crippen molar-refractivity contribution in [3.05, 3.63) is 48.0 Å². The Morgan fingerprint density at radius 2 is 1.77 bits per heavy atom. The van der Waals surface area contributed by atoms with Crippen molar-refractivity contribution in [2.45, 2.75) is 13.5 Å². The van der Waals surface area contributed by atoms with Crippen molar-refractivity contribution in [3.63, 3.8) is 0 Å². The van der Waals surface area contributed by atoms with E-state index in [2.05, 4.69) is 15.1 Å². The monoisotopic (exact) mass is 413 g/mol. The molecular formula is C23H31N3O4. The maximum Gasteiger partial charge on any atom is 0.238 e. The first-order valence-corrected chi connectivity index (χ1v) is 10.3. The second kappa shape index (κ2) is 10.8. The van der Waals surface area contributed by atoms with Crippen molar-refractivity contribution in [2.24, 2.45) is 0 Å². The Balaban J connectivity index is 1.55. The molecule has 0 radical (unpaired) electrons. The smallest absolute Gasteiger partial charge is 0.238 e. The second-order valence-corrected chi connectivity index (χ2v) is 7.19. The molecule has 1 aliphatic rings. The van der Waals surface area contributed by atoms with Gasteiger partial charge in [-0.2, -0.15) is 0 Å². The fourth-order valence-electron chi connectivity index (χ4n) is 3.50. The van der Waals surface area contributed by atoms with Gasteiger partial charge in [-0.3, -0.25) is 9.69 Å². The number of nitrogens with zero attached hydrogens (tertiary/aromatic N) is 2. The van der Waals surface area contributed by atoms with Crippen LogP contribution in [0.3, 0.4) is 0 Å². The van der Waals surface area contributed by atoms with Crippen LogP contribution in [-0.2, 0) is 16.1 Å². The molecule has 0 saturated carbocycles. The van der Waals surface area contributed by atoms with Gasteiger partial charge in [0.15, 0.2) is 11.5 Å². The fraction of sp³-hybridized carbons (Fsp3) is 0.435. The number of anilines is 2. The number of likely N-dealkylation sites (N-methyl/N-ethyl adjacent to an activating group) is 1. The molecule has 0 unspecified atom stereocenters. The number of carbonyl (C=O) groups excluding carboxylic acids is 1. The van der Waals surface area contributed by atoms with Gasteiger partial charge in [0.2, 0.25) is 5.91 Å². The topological polar surface area (TPSA) is 63.3 Å². The normalized spacial score (nSPS) is 13.9. The van der Waals surface area contributed by atoms with E-state index in [1.165, 1.54) is 0 Å². The molecule has 3 rings (SSSR count). The number of amides is 1. The van der Waals surface area contributed by atoms with Gasteiger partial charge >= 0.3 is 0 Å². The van der Waals surface area contributed by atoms with E-state index in [4.69, 9.17) is 14.2 Å². The van der Waals surface area contributed by atoms with Crippen LogP contribution in [0.4, 0.5) is 11.4 Å². The van der Waals surface area contributed by atoms with Gasteiger partial charge in [0.1, 0.15) is 0 Å². The second-order valence-electron chi connectivity index (χ2n) is 7.19. The lowest BCUT2D eigenvalue weighted by Crippen LogP contribution is -2.36. The summed E-state index contributed by atoms with van der Waals surface area (Å²) in [5.74, 6) is 1.36. The summed E-state index contributed by atoms with van der Waals surface area (Å²) in [5.41, 5.74) is 3.02. The molecular weight excluding hydrogens is 382 g/mol. The first-order valence-electron chi connectivity index (χ1n) is 10.3. The highest BCUT2D eigenvalue weighted by Gasteiger charge is 2.13. The van der Waals surface area contributed by atoms with Crippen molar-refractivity contribution in [1.29, 1.82) is 0 Å². The van der Waals surface area contributed by atoms with E-state index in [0.29, 0.717) is 24.6 Å². The highest BCUT2D eigenvalue weighted by Crippen LogP contribution is 2.28. The zero-order valence-corrected chi connectivity index (χ0v) is 18.0. The Kier molecular flexibility index (Phi) is 7.93. The molecule has 162 valence electrons. The fourth-order valence-corrected chi connectivity index (χ4v) is 3.50. The number of hydrogen-bond donors (Lipinski definition) is 1. The molecule has 1 heterocycles. The average Bonchev–Trinajstić information content (AvgIpc) is 2.79. The number of nitrogens with one attached hydrogen (secondary N) is 1. The molecule has 1 N–H and O–H groups in total. The van der Waals surface area contributed by atoms with Crippen molar-refractivity contribution < 1.29 is 19.0 Å². The van der Waals surface area contributed by atoms with E-state index >= 15 is 0 Å². The third-order valence-corrected chi connectivity index (χ3v) is 5.20. The first-order chi connectivity index (χ1) is 14.6. The van der Waals surface area contributed by atoms with Crippen LogP contribution in [0.2, 0.25) is 0 Å². The summed E-state index contributed by atoms with van der Waals surface area (Å²) in [7, 11) is 3.24.